The molecule has 102 valence electrons. The third-order valence-corrected chi connectivity index (χ3v) is 4.87. The summed E-state index contributed by atoms with van der Waals surface area (Å²) in [6.07, 6.45) is 6.54. The Morgan fingerprint density at radius 1 is 1.28 bits per heavy atom. The summed E-state index contributed by atoms with van der Waals surface area (Å²) in [5.41, 5.74) is 1.50. The summed E-state index contributed by atoms with van der Waals surface area (Å²) in [5.74, 6) is 0.753. The van der Waals surface area contributed by atoms with Gasteiger partial charge >= 0.3 is 0 Å². The van der Waals surface area contributed by atoms with Crippen molar-refractivity contribution in [3.05, 3.63) is 15.6 Å². The van der Waals surface area contributed by atoms with Crippen molar-refractivity contribution < 1.29 is 0 Å². The van der Waals surface area contributed by atoms with E-state index in [1.807, 2.05) is 11.3 Å². The maximum absolute atomic E-state index is 4.89. The lowest BCUT2D eigenvalue weighted by Gasteiger charge is -2.20. The Morgan fingerprint density at radius 2 is 1.94 bits per heavy atom. The molecule has 0 radical (unpaired) electrons. The fraction of sp³-hybridized carbons (Fsp3) is 0.800. The highest BCUT2D eigenvalue weighted by Crippen LogP contribution is 2.37. The van der Waals surface area contributed by atoms with Crippen LogP contribution in [0.2, 0.25) is 0 Å². The molecule has 1 fully saturated rings. The Morgan fingerprint density at radius 3 is 2.50 bits per heavy atom. The quantitative estimate of drug-likeness (QED) is 0.881. The van der Waals surface area contributed by atoms with E-state index in [0.29, 0.717) is 0 Å². The molecule has 0 aliphatic heterocycles. The SMILES string of the molecule is CCc1nc(C2CCCC2)sc1CNC(C)(C)C. The van der Waals surface area contributed by atoms with Crippen molar-refractivity contribution >= 4 is 11.3 Å². The maximum atomic E-state index is 4.89. The topological polar surface area (TPSA) is 24.9 Å². The number of nitrogens with zero attached hydrogens (tertiary/aromatic N) is 1. The summed E-state index contributed by atoms with van der Waals surface area (Å²) in [6, 6.07) is 0. The molecule has 18 heavy (non-hydrogen) atoms. The molecule has 1 aliphatic rings. The van der Waals surface area contributed by atoms with E-state index < -0.39 is 0 Å². The van der Waals surface area contributed by atoms with E-state index in [0.717, 1.165) is 18.9 Å². The van der Waals surface area contributed by atoms with E-state index in [2.05, 4.69) is 33.0 Å². The fourth-order valence-corrected chi connectivity index (χ4v) is 3.77. The number of thiazole rings is 1. The summed E-state index contributed by atoms with van der Waals surface area (Å²) in [5, 5.41) is 4.99. The molecule has 1 N–H and O–H groups in total. The second-order valence-electron chi connectivity index (χ2n) is 6.36. The summed E-state index contributed by atoms with van der Waals surface area (Å²) in [6.45, 7) is 9.84. The molecule has 1 saturated carbocycles. The van der Waals surface area contributed by atoms with Crippen molar-refractivity contribution in [1.29, 1.82) is 0 Å². The van der Waals surface area contributed by atoms with Crippen molar-refractivity contribution in [2.45, 2.75) is 77.8 Å². The second-order valence-corrected chi connectivity index (χ2v) is 7.48. The summed E-state index contributed by atoms with van der Waals surface area (Å²) >= 11 is 1.95. The van der Waals surface area contributed by atoms with Gasteiger partial charge in [-0.15, -0.1) is 11.3 Å². The zero-order valence-corrected chi connectivity index (χ0v) is 13.0. The molecule has 1 aromatic heterocycles. The predicted molar refractivity (Wildman–Crippen MR) is 79.3 cm³/mol. The van der Waals surface area contributed by atoms with Crippen LogP contribution >= 0.6 is 11.3 Å². The first-order valence-electron chi connectivity index (χ1n) is 7.23. The van der Waals surface area contributed by atoms with E-state index in [4.69, 9.17) is 4.98 Å². The van der Waals surface area contributed by atoms with Crippen LogP contribution in [0.25, 0.3) is 0 Å². The van der Waals surface area contributed by atoms with Crippen LogP contribution in [0.1, 0.15) is 74.9 Å². The third kappa shape index (κ3) is 3.55. The number of aryl methyl sites for hydroxylation is 1. The molecule has 1 heterocycles. The molecular formula is C15H26N2S. The molecule has 3 heteroatoms. The van der Waals surface area contributed by atoms with E-state index in [1.54, 1.807) is 0 Å². The van der Waals surface area contributed by atoms with Gasteiger partial charge in [-0.05, 0) is 40.0 Å². The first-order valence-corrected chi connectivity index (χ1v) is 8.04. The van der Waals surface area contributed by atoms with Crippen LogP contribution in [-0.4, -0.2) is 10.5 Å². The van der Waals surface area contributed by atoms with Gasteiger partial charge in [0, 0.05) is 22.9 Å². The average molecular weight is 266 g/mol. The Balaban J connectivity index is 2.08. The first-order chi connectivity index (χ1) is 8.49. The zero-order valence-electron chi connectivity index (χ0n) is 12.2. The van der Waals surface area contributed by atoms with Gasteiger partial charge in [0.05, 0.1) is 10.7 Å². The van der Waals surface area contributed by atoms with Gasteiger partial charge < -0.3 is 5.32 Å². The Kier molecular flexibility index (Phi) is 4.44. The normalized spacial score (nSPS) is 17.6. The molecule has 2 nitrogen and oxygen atoms in total. The Labute approximate surface area is 115 Å². The number of hydrogen-bond acceptors (Lipinski definition) is 3. The highest BCUT2D eigenvalue weighted by molar-refractivity contribution is 7.11. The standard InChI is InChI=1S/C15H26N2S/c1-5-12-13(10-16-15(2,3)4)18-14(17-12)11-8-6-7-9-11/h11,16H,5-10H2,1-4H3. The summed E-state index contributed by atoms with van der Waals surface area (Å²) in [4.78, 5) is 6.34. The maximum Gasteiger partial charge on any atom is 0.0962 e. The van der Waals surface area contributed by atoms with Crippen LogP contribution in [0.15, 0.2) is 0 Å². The van der Waals surface area contributed by atoms with Gasteiger partial charge in [0.2, 0.25) is 0 Å². The molecule has 0 amide bonds. The minimum atomic E-state index is 0.183. The van der Waals surface area contributed by atoms with Crippen molar-refractivity contribution in [1.82, 2.24) is 10.3 Å². The van der Waals surface area contributed by atoms with Crippen LogP contribution in [0.5, 0.6) is 0 Å². The fourth-order valence-electron chi connectivity index (χ4n) is 2.51. The highest BCUT2D eigenvalue weighted by Gasteiger charge is 2.22. The molecule has 1 aromatic rings. The average Bonchev–Trinajstić information content (AvgIpc) is 2.94. The van der Waals surface area contributed by atoms with Crippen LogP contribution in [-0.2, 0) is 13.0 Å². The molecular weight excluding hydrogens is 240 g/mol. The molecule has 0 aromatic carbocycles. The van der Waals surface area contributed by atoms with Crippen LogP contribution < -0.4 is 5.32 Å². The highest BCUT2D eigenvalue weighted by atomic mass is 32.1. The monoisotopic (exact) mass is 266 g/mol. The van der Waals surface area contributed by atoms with Gasteiger partial charge in [-0.1, -0.05) is 19.8 Å². The lowest BCUT2D eigenvalue weighted by Crippen LogP contribution is -2.35. The van der Waals surface area contributed by atoms with E-state index in [-0.39, 0.29) is 5.54 Å². The van der Waals surface area contributed by atoms with Gasteiger partial charge in [0.1, 0.15) is 0 Å². The van der Waals surface area contributed by atoms with E-state index in [9.17, 15) is 0 Å². The first kappa shape index (κ1) is 14.0. The smallest absolute Gasteiger partial charge is 0.0962 e. The van der Waals surface area contributed by atoms with Crippen molar-refractivity contribution in [2.24, 2.45) is 0 Å². The van der Waals surface area contributed by atoms with Crippen molar-refractivity contribution in [3.63, 3.8) is 0 Å². The number of nitrogens with one attached hydrogen (secondary N) is 1. The van der Waals surface area contributed by atoms with Crippen LogP contribution in [0, 0.1) is 0 Å². The van der Waals surface area contributed by atoms with Crippen molar-refractivity contribution in [2.75, 3.05) is 0 Å². The summed E-state index contributed by atoms with van der Waals surface area (Å²) < 4.78 is 0. The lowest BCUT2D eigenvalue weighted by atomic mass is 10.1. The predicted octanol–water partition coefficient (Wildman–Crippen LogP) is 4.25. The number of aromatic nitrogens is 1. The van der Waals surface area contributed by atoms with Crippen molar-refractivity contribution in [3.8, 4) is 0 Å². The van der Waals surface area contributed by atoms with E-state index >= 15 is 0 Å². The van der Waals surface area contributed by atoms with Crippen LogP contribution in [0.3, 0.4) is 0 Å². The second kappa shape index (κ2) is 5.70. The molecule has 0 unspecified atom stereocenters. The van der Waals surface area contributed by atoms with Gasteiger partial charge in [-0.25, -0.2) is 4.98 Å². The van der Waals surface area contributed by atoms with Gasteiger partial charge in [-0.2, -0.15) is 0 Å². The Hall–Kier alpha value is -0.410. The van der Waals surface area contributed by atoms with Crippen LogP contribution in [0.4, 0.5) is 0 Å². The zero-order chi connectivity index (χ0) is 13.2. The number of rotatable bonds is 4. The Bertz CT molecular complexity index is 384. The van der Waals surface area contributed by atoms with Gasteiger partial charge in [0.25, 0.3) is 0 Å². The number of hydrogen-bond donors (Lipinski definition) is 1. The minimum absolute atomic E-state index is 0.183. The largest absolute Gasteiger partial charge is 0.307 e. The lowest BCUT2D eigenvalue weighted by molar-refractivity contribution is 0.425. The molecule has 0 spiro atoms. The molecule has 0 saturated heterocycles. The van der Waals surface area contributed by atoms with Gasteiger partial charge in [0.15, 0.2) is 0 Å². The third-order valence-electron chi connectivity index (χ3n) is 3.61. The molecule has 2 rings (SSSR count). The van der Waals surface area contributed by atoms with Gasteiger partial charge in [-0.3, -0.25) is 0 Å². The summed E-state index contributed by atoms with van der Waals surface area (Å²) in [7, 11) is 0. The molecule has 1 aliphatic carbocycles. The molecule has 0 bridgehead atoms. The molecule has 0 atom stereocenters. The minimum Gasteiger partial charge on any atom is -0.307 e. The van der Waals surface area contributed by atoms with E-state index in [1.165, 1.54) is 41.3 Å².